The molecule has 0 saturated carbocycles. The topological polar surface area (TPSA) is 76.7 Å². The van der Waals surface area contributed by atoms with Gasteiger partial charge in [-0.3, -0.25) is 4.79 Å². The molecule has 0 amide bonds. The lowest BCUT2D eigenvalue weighted by Gasteiger charge is -2.11. The highest BCUT2D eigenvalue weighted by molar-refractivity contribution is 6.04. The van der Waals surface area contributed by atoms with Gasteiger partial charge in [0.2, 0.25) is 0 Å². The molecule has 0 aliphatic rings. The van der Waals surface area contributed by atoms with Crippen LogP contribution in [0.5, 0.6) is 5.75 Å². The van der Waals surface area contributed by atoms with Crippen LogP contribution in [-0.2, 0) is 0 Å². The Morgan fingerprint density at radius 1 is 1.13 bits per heavy atom. The van der Waals surface area contributed by atoms with Crippen LogP contribution in [0.1, 0.15) is 15.9 Å². The fourth-order valence-electron chi connectivity index (χ4n) is 2.57. The molecule has 0 unspecified atom stereocenters. The number of benzene rings is 2. The zero-order chi connectivity index (χ0) is 16.6. The van der Waals surface area contributed by atoms with E-state index in [1.807, 2.05) is 18.2 Å². The SMILES string of the molecule is COc1ccc2c(=O)c(C)c(-c3ccccc3)oc2c1C(=O)O. The third-order valence-corrected chi connectivity index (χ3v) is 3.72. The molecule has 0 aliphatic carbocycles. The van der Waals surface area contributed by atoms with Gasteiger partial charge in [0, 0.05) is 11.1 Å². The van der Waals surface area contributed by atoms with E-state index in [0.29, 0.717) is 16.9 Å². The van der Waals surface area contributed by atoms with Gasteiger partial charge >= 0.3 is 5.97 Å². The van der Waals surface area contributed by atoms with Crippen molar-refractivity contribution in [3.8, 4) is 17.1 Å². The molecule has 1 heterocycles. The summed E-state index contributed by atoms with van der Waals surface area (Å²) in [6, 6.07) is 12.1. The summed E-state index contributed by atoms with van der Waals surface area (Å²) < 4.78 is 10.9. The fourth-order valence-corrected chi connectivity index (χ4v) is 2.57. The first kappa shape index (κ1) is 14.8. The highest BCUT2D eigenvalue weighted by Gasteiger charge is 2.21. The first-order valence-electron chi connectivity index (χ1n) is 6.97. The number of carbonyl (C=O) groups is 1. The number of fused-ring (bicyclic) bond motifs is 1. The number of aromatic carboxylic acids is 1. The van der Waals surface area contributed by atoms with E-state index in [9.17, 15) is 14.7 Å². The van der Waals surface area contributed by atoms with E-state index in [1.165, 1.54) is 19.2 Å². The second kappa shape index (κ2) is 5.61. The maximum Gasteiger partial charge on any atom is 0.343 e. The predicted octanol–water partition coefficient (Wildman–Crippen LogP) is 3.48. The molecule has 116 valence electrons. The molecule has 1 aromatic heterocycles. The summed E-state index contributed by atoms with van der Waals surface area (Å²) in [4.78, 5) is 24.2. The van der Waals surface area contributed by atoms with E-state index in [1.54, 1.807) is 19.1 Å². The summed E-state index contributed by atoms with van der Waals surface area (Å²) in [6.07, 6.45) is 0. The monoisotopic (exact) mass is 310 g/mol. The van der Waals surface area contributed by atoms with Crippen molar-refractivity contribution in [2.45, 2.75) is 6.92 Å². The second-order valence-electron chi connectivity index (χ2n) is 5.08. The summed E-state index contributed by atoms with van der Waals surface area (Å²) in [7, 11) is 1.37. The summed E-state index contributed by atoms with van der Waals surface area (Å²) in [5.41, 5.74) is 0.759. The number of hydrogen-bond donors (Lipinski definition) is 1. The van der Waals surface area contributed by atoms with Crippen molar-refractivity contribution >= 4 is 16.9 Å². The summed E-state index contributed by atoms with van der Waals surface area (Å²) >= 11 is 0. The van der Waals surface area contributed by atoms with Crippen molar-refractivity contribution < 1.29 is 19.1 Å². The lowest BCUT2D eigenvalue weighted by atomic mass is 10.0. The molecular weight excluding hydrogens is 296 g/mol. The smallest absolute Gasteiger partial charge is 0.343 e. The maximum atomic E-state index is 12.6. The van der Waals surface area contributed by atoms with Gasteiger partial charge < -0.3 is 14.3 Å². The second-order valence-corrected chi connectivity index (χ2v) is 5.08. The molecule has 0 atom stereocenters. The van der Waals surface area contributed by atoms with Gasteiger partial charge in [-0.25, -0.2) is 4.79 Å². The predicted molar refractivity (Wildman–Crippen MR) is 86.2 cm³/mol. The van der Waals surface area contributed by atoms with Crippen LogP contribution in [-0.4, -0.2) is 18.2 Å². The van der Waals surface area contributed by atoms with E-state index in [0.717, 1.165) is 0 Å². The average Bonchev–Trinajstić information content (AvgIpc) is 2.57. The first-order valence-corrected chi connectivity index (χ1v) is 6.97. The zero-order valence-corrected chi connectivity index (χ0v) is 12.6. The van der Waals surface area contributed by atoms with E-state index in [4.69, 9.17) is 9.15 Å². The van der Waals surface area contributed by atoms with Crippen LogP contribution in [0.4, 0.5) is 0 Å². The van der Waals surface area contributed by atoms with Crippen LogP contribution < -0.4 is 10.2 Å². The number of carboxylic acid groups (broad SMARTS) is 1. The Morgan fingerprint density at radius 3 is 2.43 bits per heavy atom. The first-order chi connectivity index (χ1) is 11.0. The van der Waals surface area contributed by atoms with Crippen molar-refractivity contribution in [2.24, 2.45) is 0 Å². The third-order valence-electron chi connectivity index (χ3n) is 3.72. The largest absolute Gasteiger partial charge is 0.496 e. The van der Waals surface area contributed by atoms with E-state index in [2.05, 4.69) is 0 Å². The van der Waals surface area contributed by atoms with Crippen LogP contribution in [0.25, 0.3) is 22.3 Å². The van der Waals surface area contributed by atoms with E-state index in [-0.39, 0.29) is 27.7 Å². The summed E-state index contributed by atoms with van der Waals surface area (Å²) in [5, 5.41) is 9.70. The van der Waals surface area contributed by atoms with Gasteiger partial charge in [-0.2, -0.15) is 0 Å². The minimum absolute atomic E-state index is 0.0197. The number of hydrogen-bond acceptors (Lipinski definition) is 4. The molecule has 0 saturated heterocycles. The third kappa shape index (κ3) is 2.36. The lowest BCUT2D eigenvalue weighted by molar-refractivity contribution is 0.0694. The highest BCUT2D eigenvalue weighted by Crippen LogP contribution is 2.31. The van der Waals surface area contributed by atoms with Gasteiger partial charge in [0.05, 0.1) is 12.5 Å². The van der Waals surface area contributed by atoms with Crippen LogP contribution >= 0.6 is 0 Å². The number of rotatable bonds is 3. The minimum Gasteiger partial charge on any atom is -0.496 e. The molecule has 0 spiro atoms. The Morgan fingerprint density at radius 2 is 1.83 bits per heavy atom. The van der Waals surface area contributed by atoms with Gasteiger partial charge in [-0.1, -0.05) is 30.3 Å². The van der Waals surface area contributed by atoms with Crippen molar-refractivity contribution in [1.82, 2.24) is 0 Å². The Hall–Kier alpha value is -3.08. The highest BCUT2D eigenvalue weighted by atomic mass is 16.5. The van der Waals surface area contributed by atoms with Gasteiger partial charge in [0.25, 0.3) is 0 Å². The fraction of sp³-hybridized carbons (Fsp3) is 0.111. The number of carboxylic acids is 1. The number of methoxy groups -OCH3 is 1. The lowest BCUT2D eigenvalue weighted by Crippen LogP contribution is -2.10. The Labute approximate surface area is 131 Å². The molecule has 0 fully saturated rings. The normalized spacial score (nSPS) is 10.7. The Kier molecular flexibility index (Phi) is 3.62. The Bertz CT molecular complexity index is 955. The van der Waals surface area contributed by atoms with Gasteiger partial charge in [0.1, 0.15) is 17.1 Å². The maximum absolute atomic E-state index is 12.6. The van der Waals surface area contributed by atoms with Crippen LogP contribution in [0.2, 0.25) is 0 Å². The van der Waals surface area contributed by atoms with Gasteiger partial charge in [-0.15, -0.1) is 0 Å². The van der Waals surface area contributed by atoms with Gasteiger partial charge in [-0.05, 0) is 19.1 Å². The van der Waals surface area contributed by atoms with E-state index >= 15 is 0 Å². The molecule has 5 nitrogen and oxygen atoms in total. The van der Waals surface area contributed by atoms with Crippen molar-refractivity contribution in [3.63, 3.8) is 0 Å². The van der Waals surface area contributed by atoms with Crippen LogP contribution in [0.3, 0.4) is 0 Å². The zero-order valence-electron chi connectivity index (χ0n) is 12.6. The molecule has 0 aliphatic heterocycles. The van der Waals surface area contributed by atoms with Crippen LogP contribution in [0, 0.1) is 6.92 Å². The molecule has 2 aromatic carbocycles. The molecule has 23 heavy (non-hydrogen) atoms. The summed E-state index contributed by atoms with van der Waals surface area (Å²) in [6.45, 7) is 1.66. The quantitative estimate of drug-likeness (QED) is 0.801. The molecule has 1 N–H and O–H groups in total. The molecular formula is C18H14O5. The molecule has 5 heteroatoms. The number of ether oxygens (including phenoxy) is 1. The molecule has 0 bridgehead atoms. The molecule has 3 rings (SSSR count). The molecule has 3 aromatic rings. The molecule has 0 radical (unpaired) electrons. The van der Waals surface area contributed by atoms with E-state index < -0.39 is 5.97 Å². The minimum atomic E-state index is -1.21. The standard InChI is InChI=1S/C18H14O5/c1-10-15(19)12-8-9-13(22-2)14(18(20)21)17(12)23-16(10)11-6-4-3-5-7-11/h3-9H,1-2H3,(H,20,21). The van der Waals surface area contributed by atoms with Crippen LogP contribution in [0.15, 0.2) is 51.7 Å². The Balaban J connectivity index is 2.46. The average molecular weight is 310 g/mol. The van der Waals surface area contributed by atoms with Gasteiger partial charge in [0.15, 0.2) is 11.0 Å². The summed E-state index contributed by atoms with van der Waals surface area (Å²) in [5.74, 6) is -0.701. The van der Waals surface area contributed by atoms with Crippen molar-refractivity contribution in [3.05, 3.63) is 63.8 Å². The van der Waals surface area contributed by atoms with Crippen molar-refractivity contribution in [2.75, 3.05) is 7.11 Å². The van der Waals surface area contributed by atoms with Crippen molar-refractivity contribution in [1.29, 1.82) is 0 Å².